The van der Waals surface area contributed by atoms with Crippen molar-refractivity contribution in [2.24, 2.45) is 5.92 Å². The second kappa shape index (κ2) is 11.5. The van der Waals surface area contributed by atoms with Crippen molar-refractivity contribution in [3.8, 4) is 11.5 Å². The van der Waals surface area contributed by atoms with Gasteiger partial charge in [0.2, 0.25) is 5.91 Å². The molecular weight excluding hydrogens is 422 g/mol. The van der Waals surface area contributed by atoms with Gasteiger partial charge in [0.25, 0.3) is 0 Å². The number of benzene rings is 1. The van der Waals surface area contributed by atoms with Crippen molar-refractivity contribution in [1.82, 2.24) is 25.0 Å². The van der Waals surface area contributed by atoms with Crippen molar-refractivity contribution < 1.29 is 19.0 Å². The minimum Gasteiger partial charge on any atom is -0.496 e. The highest BCUT2D eigenvalue weighted by Crippen LogP contribution is 2.32. The predicted molar refractivity (Wildman–Crippen MR) is 126 cm³/mol. The van der Waals surface area contributed by atoms with E-state index in [1.54, 1.807) is 14.2 Å². The second-order valence-corrected chi connectivity index (χ2v) is 8.92. The molecule has 1 aliphatic rings. The van der Waals surface area contributed by atoms with Crippen LogP contribution >= 0.6 is 0 Å². The molecule has 1 atom stereocenters. The molecule has 33 heavy (non-hydrogen) atoms. The fourth-order valence-electron chi connectivity index (χ4n) is 4.47. The van der Waals surface area contributed by atoms with Gasteiger partial charge in [-0.3, -0.25) is 9.69 Å². The molecule has 0 fully saturated rings. The van der Waals surface area contributed by atoms with Crippen molar-refractivity contribution in [1.29, 1.82) is 0 Å². The Labute approximate surface area is 196 Å². The maximum Gasteiger partial charge on any atom is 0.246 e. The lowest BCUT2D eigenvalue weighted by molar-refractivity contribution is -0.125. The number of amides is 1. The molecule has 0 spiro atoms. The van der Waals surface area contributed by atoms with Gasteiger partial charge in [-0.05, 0) is 25.3 Å². The van der Waals surface area contributed by atoms with Gasteiger partial charge in [-0.2, -0.15) is 0 Å². The Bertz CT molecular complexity index is 943. The van der Waals surface area contributed by atoms with E-state index in [2.05, 4.69) is 44.9 Å². The van der Waals surface area contributed by atoms with Crippen molar-refractivity contribution in [2.45, 2.75) is 52.7 Å². The Morgan fingerprint density at radius 3 is 2.58 bits per heavy atom. The standard InChI is InChI=1S/C24H37N5O4/c1-16(2)13-19(25-22(30)15-31-4)24-27-26-21-9-10-28(11-12-29(21)24)14-18-7-8-20(32-5)17(3)23(18)33-6/h7-8,16,19H,9-15H2,1-6H3,(H,25,30)/t19-/m1/s1. The monoisotopic (exact) mass is 459 g/mol. The number of carbonyl (C=O) groups is 1. The lowest BCUT2D eigenvalue weighted by Gasteiger charge is -2.23. The molecule has 1 aromatic heterocycles. The maximum atomic E-state index is 12.2. The van der Waals surface area contributed by atoms with Gasteiger partial charge >= 0.3 is 0 Å². The average Bonchev–Trinajstić information content (AvgIpc) is 3.07. The molecular formula is C24H37N5O4. The van der Waals surface area contributed by atoms with E-state index >= 15 is 0 Å². The molecule has 0 saturated heterocycles. The van der Waals surface area contributed by atoms with E-state index in [4.69, 9.17) is 14.2 Å². The van der Waals surface area contributed by atoms with E-state index in [-0.39, 0.29) is 18.6 Å². The molecule has 2 aromatic rings. The maximum absolute atomic E-state index is 12.2. The fraction of sp³-hybridized carbons (Fsp3) is 0.625. The lowest BCUT2D eigenvalue weighted by Crippen LogP contribution is -2.34. The van der Waals surface area contributed by atoms with Crippen molar-refractivity contribution >= 4 is 5.91 Å². The summed E-state index contributed by atoms with van der Waals surface area (Å²) in [7, 11) is 4.90. The number of rotatable bonds is 10. The molecule has 1 N–H and O–H groups in total. The van der Waals surface area contributed by atoms with E-state index in [0.29, 0.717) is 5.92 Å². The Kier molecular flexibility index (Phi) is 8.68. The SMILES string of the molecule is COCC(=O)N[C@H](CC(C)C)c1nnc2n1CCN(Cc1ccc(OC)c(C)c1OC)CC2. The van der Waals surface area contributed by atoms with Crippen LogP contribution in [0.15, 0.2) is 12.1 Å². The van der Waals surface area contributed by atoms with E-state index in [9.17, 15) is 4.79 Å². The zero-order valence-corrected chi connectivity index (χ0v) is 20.7. The van der Waals surface area contributed by atoms with Gasteiger partial charge in [-0.15, -0.1) is 10.2 Å². The first-order chi connectivity index (χ1) is 15.9. The Balaban J connectivity index is 1.76. The molecule has 0 radical (unpaired) electrons. The third-order valence-corrected chi connectivity index (χ3v) is 6.03. The van der Waals surface area contributed by atoms with Crippen molar-refractivity contribution in [2.75, 3.05) is 41.0 Å². The number of hydrogen-bond donors (Lipinski definition) is 1. The molecule has 0 unspecified atom stereocenters. The first-order valence-corrected chi connectivity index (χ1v) is 11.5. The predicted octanol–water partition coefficient (Wildman–Crippen LogP) is 2.51. The summed E-state index contributed by atoms with van der Waals surface area (Å²) in [6, 6.07) is 3.88. The van der Waals surface area contributed by atoms with Gasteiger partial charge in [0.1, 0.15) is 23.9 Å². The van der Waals surface area contributed by atoms with Crippen LogP contribution in [0.25, 0.3) is 0 Å². The quantitative estimate of drug-likeness (QED) is 0.584. The summed E-state index contributed by atoms with van der Waals surface area (Å²) < 4.78 is 18.3. The molecule has 0 saturated carbocycles. The third kappa shape index (κ3) is 6.03. The van der Waals surface area contributed by atoms with Crippen LogP contribution in [0, 0.1) is 12.8 Å². The molecule has 1 aliphatic heterocycles. The number of hydrogen-bond acceptors (Lipinski definition) is 7. The third-order valence-electron chi connectivity index (χ3n) is 6.03. The Morgan fingerprint density at radius 2 is 1.91 bits per heavy atom. The molecule has 3 rings (SSSR count). The summed E-state index contributed by atoms with van der Waals surface area (Å²) in [6.45, 7) is 9.61. The van der Waals surface area contributed by atoms with Gasteiger partial charge in [0.15, 0.2) is 5.82 Å². The van der Waals surface area contributed by atoms with Gasteiger partial charge in [0, 0.05) is 50.8 Å². The van der Waals surface area contributed by atoms with Gasteiger partial charge in [0.05, 0.1) is 20.3 Å². The van der Waals surface area contributed by atoms with Crippen LogP contribution in [0.3, 0.4) is 0 Å². The second-order valence-electron chi connectivity index (χ2n) is 8.92. The van der Waals surface area contributed by atoms with Gasteiger partial charge < -0.3 is 24.1 Å². The fourth-order valence-corrected chi connectivity index (χ4v) is 4.47. The van der Waals surface area contributed by atoms with E-state index in [1.165, 1.54) is 7.11 Å². The smallest absolute Gasteiger partial charge is 0.246 e. The topological polar surface area (TPSA) is 90.7 Å². The molecule has 0 bridgehead atoms. The summed E-state index contributed by atoms with van der Waals surface area (Å²) in [4.78, 5) is 14.6. The highest BCUT2D eigenvalue weighted by atomic mass is 16.5. The van der Waals surface area contributed by atoms with Gasteiger partial charge in [-0.25, -0.2) is 0 Å². The molecule has 9 heteroatoms. The number of aromatic nitrogens is 3. The van der Waals surface area contributed by atoms with Crippen molar-refractivity contribution in [3.63, 3.8) is 0 Å². The number of nitrogens with one attached hydrogen (secondary N) is 1. The summed E-state index contributed by atoms with van der Waals surface area (Å²) in [6.07, 6.45) is 1.59. The molecule has 9 nitrogen and oxygen atoms in total. The van der Waals surface area contributed by atoms with E-state index in [0.717, 1.165) is 73.3 Å². The summed E-state index contributed by atoms with van der Waals surface area (Å²) in [5.41, 5.74) is 2.15. The highest BCUT2D eigenvalue weighted by Gasteiger charge is 2.26. The van der Waals surface area contributed by atoms with Crippen LogP contribution in [0.1, 0.15) is 49.1 Å². The van der Waals surface area contributed by atoms with Crippen molar-refractivity contribution in [3.05, 3.63) is 34.9 Å². The number of fused-ring (bicyclic) bond motifs is 1. The van der Waals surface area contributed by atoms with Crippen LogP contribution in [0.5, 0.6) is 11.5 Å². The minimum atomic E-state index is -0.190. The number of nitrogens with zero attached hydrogens (tertiary/aromatic N) is 4. The molecule has 1 aromatic carbocycles. The molecule has 182 valence electrons. The summed E-state index contributed by atoms with van der Waals surface area (Å²) >= 11 is 0. The minimum absolute atomic E-state index is 0.0342. The first-order valence-electron chi connectivity index (χ1n) is 11.5. The van der Waals surface area contributed by atoms with E-state index in [1.807, 2.05) is 13.0 Å². The van der Waals surface area contributed by atoms with Crippen LogP contribution in [-0.4, -0.2) is 66.6 Å². The molecule has 2 heterocycles. The summed E-state index contributed by atoms with van der Waals surface area (Å²) in [5.74, 6) is 3.74. The number of carbonyl (C=O) groups excluding carboxylic acids is 1. The lowest BCUT2D eigenvalue weighted by atomic mass is 10.0. The average molecular weight is 460 g/mol. The normalized spacial score (nSPS) is 15.1. The molecule has 0 aliphatic carbocycles. The highest BCUT2D eigenvalue weighted by molar-refractivity contribution is 5.77. The largest absolute Gasteiger partial charge is 0.496 e. The van der Waals surface area contributed by atoms with Crippen LogP contribution in [-0.2, 0) is 29.0 Å². The Hall–Kier alpha value is -2.65. The van der Waals surface area contributed by atoms with Crippen LogP contribution < -0.4 is 14.8 Å². The molecule has 1 amide bonds. The van der Waals surface area contributed by atoms with E-state index < -0.39 is 0 Å². The zero-order chi connectivity index (χ0) is 24.0. The first kappa shape index (κ1) is 25.0. The number of ether oxygens (including phenoxy) is 3. The number of methoxy groups -OCH3 is 3. The van der Waals surface area contributed by atoms with Gasteiger partial charge in [-0.1, -0.05) is 19.9 Å². The van der Waals surface area contributed by atoms with Crippen LogP contribution in [0.2, 0.25) is 0 Å². The Morgan fingerprint density at radius 1 is 1.12 bits per heavy atom. The zero-order valence-electron chi connectivity index (χ0n) is 20.7. The van der Waals surface area contributed by atoms with Crippen LogP contribution in [0.4, 0.5) is 0 Å². The summed E-state index contributed by atoms with van der Waals surface area (Å²) in [5, 5.41) is 12.0.